The highest BCUT2D eigenvalue weighted by atomic mass is 19.1. The van der Waals surface area contributed by atoms with Gasteiger partial charge < -0.3 is 10.4 Å². The standard InChI is InChI=1S/C11H11F2NO2/c12-6-1-2-7(10(13)3-6)8-4-14-5-9(8)11(15)16/h1-3,8-9,14H,4-5H2,(H,15,16)/t8-,9-/m0/s1. The van der Waals surface area contributed by atoms with Crippen LogP contribution in [-0.2, 0) is 4.79 Å². The van der Waals surface area contributed by atoms with Crippen LogP contribution in [0.4, 0.5) is 8.78 Å². The smallest absolute Gasteiger partial charge is 0.308 e. The van der Waals surface area contributed by atoms with Crippen LogP contribution in [0.15, 0.2) is 18.2 Å². The Labute approximate surface area is 91.1 Å². The maximum Gasteiger partial charge on any atom is 0.308 e. The fraction of sp³-hybridized carbons (Fsp3) is 0.364. The first kappa shape index (κ1) is 11.0. The van der Waals surface area contributed by atoms with Crippen LogP contribution in [0.3, 0.4) is 0 Å². The largest absolute Gasteiger partial charge is 0.481 e. The van der Waals surface area contributed by atoms with Gasteiger partial charge in [-0.25, -0.2) is 8.78 Å². The van der Waals surface area contributed by atoms with E-state index in [-0.39, 0.29) is 5.56 Å². The van der Waals surface area contributed by atoms with Gasteiger partial charge in [-0.1, -0.05) is 6.07 Å². The Bertz CT molecular complexity index is 422. The van der Waals surface area contributed by atoms with Gasteiger partial charge in [0.2, 0.25) is 0 Å². The topological polar surface area (TPSA) is 49.3 Å². The number of carboxylic acid groups (broad SMARTS) is 1. The molecular formula is C11H11F2NO2. The van der Waals surface area contributed by atoms with Crippen LogP contribution in [0.25, 0.3) is 0 Å². The number of hydrogen-bond donors (Lipinski definition) is 2. The second-order valence-corrected chi connectivity index (χ2v) is 3.88. The molecule has 0 amide bonds. The lowest BCUT2D eigenvalue weighted by Crippen LogP contribution is -2.21. The minimum atomic E-state index is -0.960. The van der Waals surface area contributed by atoms with Gasteiger partial charge in [0.1, 0.15) is 11.6 Å². The summed E-state index contributed by atoms with van der Waals surface area (Å²) in [5.74, 6) is -3.38. The Morgan fingerprint density at radius 3 is 2.75 bits per heavy atom. The van der Waals surface area contributed by atoms with Crippen molar-refractivity contribution in [2.75, 3.05) is 13.1 Å². The monoisotopic (exact) mass is 227 g/mol. The molecule has 1 aliphatic heterocycles. The average Bonchev–Trinajstić information content (AvgIpc) is 2.66. The normalized spacial score (nSPS) is 24.6. The number of carbonyl (C=O) groups is 1. The summed E-state index contributed by atoms with van der Waals surface area (Å²) in [6, 6.07) is 3.25. The zero-order chi connectivity index (χ0) is 11.7. The van der Waals surface area contributed by atoms with E-state index in [0.717, 1.165) is 12.1 Å². The summed E-state index contributed by atoms with van der Waals surface area (Å²) in [7, 11) is 0. The third kappa shape index (κ3) is 1.90. The summed E-state index contributed by atoms with van der Waals surface area (Å²) in [6.07, 6.45) is 0. The number of rotatable bonds is 2. The number of carboxylic acids is 1. The van der Waals surface area contributed by atoms with Gasteiger partial charge in [0.25, 0.3) is 0 Å². The molecule has 0 saturated carbocycles. The predicted molar refractivity (Wildman–Crippen MR) is 53.1 cm³/mol. The first-order valence-electron chi connectivity index (χ1n) is 4.98. The van der Waals surface area contributed by atoms with Gasteiger partial charge in [0.05, 0.1) is 5.92 Å². The highest BCUT2D eigenvalue weighted by molar-refractivity contribution is 5.72. The number of halogens is 2. The number of benzene rings is 1. The van der Waals surface area contributed by atoms with E-state index in [1.54, 1.807) is 0 Å². The average molecular weight is 227 g/mol. The van der Waals surface area contributed by atoms with Crippen molar-refractivity contribution in [2.24, 2.45) is 5.92 Å². The maximum atomic E-state index is 13.5. The molecule has 1 saturated heterocycles. The lowest BCUT2D eigenvalue weighted by Gasteiger charge is -2.15. The van der Waals surface area contributed by atoms with E-state index >= 15 is 0 Å². The summed E-state index contributed by atoms with van der Waals surface area (Å²) in [5, 5.41) is 11.9. The van der Waals surface area contributed by atoms with E-state index in [1.165, 1.54) is 6.07 Å². The lowest BCUT2D eigenvalue weighted by atomic mass is 9.89. The number of hydrogen-bond acceptors (Lipinski definition) is 2. The van der Waals surface area contributed by atoms with Crippen LogP contribution in [-0.4, -0.2) is 24.2 Å². The molecule has 0 spiro atoms. The fourth-order valence-corrected chi connectivity index (χ4v) is 2.07. The highest BCUT2D eigenvalue weighted by Crippen LogP contribution is 2.30. The van der Waals surface area contributed by atoms with Crippen molar-refractivity contribution in [3.63, 3.8) is 0 Å². The minimum absolute atomic E-state index is 0.263. The van der Waals surface area contributed by atoms with Crippen molar-refractivity contribution in [1.29, 1.82) is 0 Å². The molecule has 2 N–H and O–H groups in total. The molecule has 0 aliphatic carbocycles. The SMILES string of the molecule is O=C(O)[C@H]1CNC[C@H]1c1ccc(F)cc1F. The zero-order valence-electron chi connectivity index (χ0n) is 8.41. The molecule has 1 aromatic carbocycles. The van der Waals surface area contributed by atoms with Crippen LogP contribution >= 0.6 is 0 Å². The van der Waals surface area contributed by atoms with Crippen molar-refractivity contribution < 1.29 is 18.7 Å². The second kappa shape index (κ2) is 4.17. The first-order valence-corrected chi connectivity index (χ1v) is 4.98. The molecule has 1 aromatic rings. The molecule has 0 aromatic heterocycles. The van der Waals surface area contributed by atoms with Gasteiger partial charge in [-0.15, -0.1) is 0 Å². The Hall–Kier alpha value is -1.49. The molecule has 5 heteroatoms. The van der Waals surface area contributed by atoms with Crippen molar-refractivity contribution in [3.8, 4) is 0 Å². The van der Waals surface area contributed by atoms with E-state index in [4.69, 9.17) is 5.11 Å². The van der Waals surface area contributed by atoms with Gasteiger partial charge in [-0.3, -0.25) is 4.79 Å². The summed E-state index contributed by atoms with van der Waals surface area (Å²) in [4.78, 5) is 10.9. The summed E-state index contributed by atoms with van der Waals surface area (Å²) < 4.78 is 26.2. The van der Waals surface area contributed by atoms with Crippen molar-refractivity contribution in [1.82, 2.24) is 5.32 Å². The molecule has 1 heterocycles. The zero-order valence-corrected chi connectivity index (χ0v) is 8.41. The number of aliphatic carboxylic acids is 1. The Kier molecular flexibility index (Phi) is 2.87. The van der Waals surface area contributed by atoms with Crippen LogP contribution < -0.4 is 5.32 Å². The second-order valence-electron chi connectivity index (χ2n) is 3.88. The third-order valence-corrected chi connectivity index (χ3v) is 2.89. The Morgan fingerprint density at radius 2 is 2.12 bits per heavy atom. The van der Waals surface area contributed by atoms with Gasteiger partial charge in [-0.2, -0.15) is 0 Å². The molecule has 2 rings (SSSR count). The highest BCUT2D eigenvalue weighted by Gasteiger charge is 2.35. The van der Waals surface area contributed by atoms with Crippen molar-refractivity contribution in [3.05, 3.63) is 35.4 Å². The molecule has 86 valence electrons. The van der Waals surface area contributed by atoms with E-state index in [1.807, 2.05) is 0 Å². The molecule has 1 fully saturated rings. The lowest BCUT2D eigenvalue weighted by molar-refractivity contribution is -0.141. The van der Waals surface area contributed by atoms with Gasteiger partial charge in [0, 0.05) is 25.1 Å². The van der Waals surface area contributed by atoms with Crippen LogP contribution in [0, 0.1) is 17.6 Å². The number of nitrogens with one attached hydrogen (secondary N) is 1. The molecular weight excluding hydrogens is 216 g/mol. The molecule has 3 nitrogen and oxygen atoms in total. The van der Waals surface area contributed by atoms with Gasteiger partial charge >= 0.3 is 5.97 Å². The maximum absolute atomic E-state index is 13.5. The van der Waals surface area contributed by atoms with Gasteiger partial charge in [-0.05, 0) is 11.6 Å². The van der Waals surface area contributed by atoms with E-state index in [9.17, 15) is 13.6 Å². The fourth-order valence-electron chi connectivity index (χ4n) is 2.07. The Balaban J connectivity index is 2.32. The molecule has 16 heavy (non-hydrogen) atoms. The molecule has 0 bridgehead atoms. The van der Waals surface area contributed by atoms with Crippen LogP contribution in [0.5, 0.6) is 0 Å². The quantitative estimate of drug-likeness (QED) is 0.801. The molecule has 1 aliphatic rings. The minimum Gasteiger partial charge on any atom is -0.481 e. The van der Waals surface area contributed by atoms with Crippen LogP contribution in [0.1, 0.15) is 11.5 Å². The molecule has 0 radical (unpaired) electrons. The van der Waals surface area contributed by atoms with E-state index < -0.39 is 29.4 Å². The van der Waals surface area contributed by atoms with E-state index in [0.29, 0.717) is 13.1 Å². The molecule has 0 unspecified atom stereocenters. The van der Waals surface area contributed by atoms with Crippen molar-refractivity contribution in [2.45, 2.75) is 5.92 Å². The predicted octanol–water partition coefficient (Wildman–Crippen LogP) is 1.35. The van der Waals surface area contributed by atoms with Crippen molar-refractivity contribution >= 4 is 5.97 Å². The third-order valence-electron chi connectivity index (χ3n) is 2.89. The summed E-state index contributed by atoms with van der Waals surface area (Å²) >= 11 is 0. The molecule has 2 atom stereocenters. The van der Waals surface area contributed by atoms with Gasteiger partial charge in [0.15, 0.2) is 0 Å². The van der Waals surface area contributed by atoms with Crippen LogP contribution in [0.2, 0.25) is 0 Å². The Morgan fingerprint density at radius 1 is 1.38 bits per heavy atom. The van der Waals surface area contributed by atoms with E-state index in [2.05, 4.69) is 5.32 Å². The first-order chi connectivity index (χ1) is 7.59. The summed E-state index contributed by atoms with van der Waals surface area (Å²) in [6.45, 7) is 0.719. The summed E-state index contributed by atoms with van der Waals surface area (Å²) in [5.41, 5.74) is 0.263.